The SMILES string of the molecule is COc1cc([C@@H]2C(C(=O)Nc3ccccn3)=C(C)NC3=C2C(=O)CC(C)(C)C3)cc(OC)c1OC. The number of aromatic nitrogens is 1. The summed E-state index contributed by atoms with van der Waals surface area (Å²) in [6, 6.07) is 8.90. The number of ketones is 1. The number of amides is 1. The second-order valence-electron chi connectivity index (χ2n) is 9.56. The van der Waals surface area contributed by atoms with Gasteiger partial charge in [0.2, 0.25) is 5.75 Å². The Kier molecular flexibility index (Phi) is 6.56. The van der Waals surface area contributed by atoms with Crippen molar-refractivity contribution < 1.29 is 23.8 Å². The molecule has 35 heavy (non-hydrogen) atoms. The summed E-state index contributed by atoms with van der Waals surface area (Å²) in [6.07, 6.45) is 2.70. The van der Waals surface area contributed by atoms with Crippen LogP contribution in [0.5, 0.6) is 17.2 Å². The quantitative estimate of drug-likeness (QED) is 0.638. The first kappa shape index (κ1) is 24.3. The van der Waals surface area contributed by atoms with Crippen molar-refractivity contribution in [2.75, 3.05) is 26.6 Å². The van der Waals surface area contributed by atoms with Gasteiger partial charge in [-0.1, -0.05) is 19.9 Å². The van der Waals surface area contributed by atoms with Crippen LogP contribution in [0.15, 0.2) is 59.1 Å². The molecule has 2 aromatic rings. The number of carbonyl (C=O) groups excluding carboxylic acids is 2. The number of dihydropyridines is 1. The minimum atomic E-state index is -0.618. The van der Waals surface area contributed by atoms with Gasteiger partial charge in [0.1, 0.15) is 5.82 Å². The molecule has 1 atom stereocenters. The Bertz CT molecular complexity index is 1210. The number of pyridine rings is 1. The van der Waals surface area contributed by atoms with E-state index in [9.17, 15) is 9.59 Å². The standard InChI is InChI=1S/C27H31N3O5/c1-15-22(26(32)30-21-9-7-8-10-28-21)23(24-17(29-15)13-27(2,3)14-18(24)31)16-11-19(33-4)25(35-6)20(12-16)34-5/h7-12,23,29H,13-14H2,1-6H3,(H,28,30,32)/t23-/m1/s1. The zero-order valence-corrected chi connectivity index (χ0v) is 20.9. The van der Waals surface area contributed by atoms with Crippen molar-refractivity contribution in [1.82, 2.24) is 10.3 Å². The van der Waals surface area contributed by atoms with Gasteiger partial charge in [-0.3, -0.25) is 9.59 Å². The summed E-state index contributed by atoms with van der Waals surface area (Å²) in [6.45, 7) is 6.01. The van der Waals surface area contributed by atoms with Gasteiger partial charge in [0.15, 0.2) is 17.3 Å². The van der Waals surface area contributed by atoms with Crippen molar-refractivity contribution in [2.45, 2.75) is 39.5 Å². The fraction of sp³-hybridized carbons (Fsp3) is 0.370. The minimum absolute atomic E-state index is 0.0122. The van der Waals surface area contributed by atoms with Gasteiger partial charge in [-0.15, -0.1) is 0 Å². The number of rotatable bonds is 6. The Balaban J connectivity index is 1.90. The molecule has 2 N–H and O–H groups in total. The van der Waals surface area contributed by atoms with Crippen LogP contribution >= 0.6 is 0 Å². The van der Waals surface area contributed by atoms with Gasteiger partial charge in [-0.2, -0.15) is 0 Å². The maximum atomic E-state index is 13.6. The van der Waals surface area contributed by atoms with E-state index in [1.165, 1.54) is 21.3 Å². The summed E-state index contributed by atoms with van der Waals surface area (Å²) in [4.78, 5) is 31.4. The predicted octanol–water partition coefficient (Wildman–Crippen LogP) is 4.35. The van der Waals surface area contributed by atoms with E-state index in [4.69, 9.17) is 14.2 Å². The Labute approximate surface area is 205 Å². The van der Waals surface area contributed by atoms with E-state index in [0.29, 0.717) is 58.3 Å². The fourth-order valence-corrected chi connectivity index (χ4v) is 4.96. The Hall–Kier alpha value is -3.81. The number of anilines is 1. The van der Waals surface area contributed by atoms with Gasteiger partial charge >= 0.3 is 0 Å². The highest BCUT2D eigenvalue weighted by molar-refractivity contribution is 6.09. The van der Waals surface area contributed by atoms with Gasteiger partial charge in [-0.25, -0.2) is 4.98 Å². The smallest absolute Gasteiger partial charge is 0.255 e. The summed E-state index contributed by atoms with van der Waals surface area (Å²) >= 11 is 0. The minimum Gasteiger partial charge on any atom is -0.493 e. The molecule has 1 amide bonds. The number of methoxy groups -OCH3 is 3. The van der Waals surface area contributed by atoms with Crippen molar-refractivity contribution in [1.29, 1.82) is 0 Å². The molecule has 8 nitrogen and oxygen atoms in total. The molecule has 1 aliphatic heterocycles. The Morgan fingerprint density at radius 1 is 1.09 bits per heavy atom. The molecular weight excluding hydrogens is 446 g/mol. The molecule has 1 aliphatic carbocycles. The Morgan fingerprint density at radius 3 is 2.34 bits per heavy atom. The summed E-state index contributed by atoms with van der Waals surface area (Å²) in [5, 5.41) is 6.25. The largest absolute Gasteiger partial charge is 0.493 e. The molecule has 1 aromatic heterocycles. The van der Waals surface area contributed by atoms with Gasteiger partial charge in [0.05, 0.1) is 21.3 Å². The lowest BCUT2D eigenvalue weighted by atomic mass is 9.68. The molecule has 8 heteroatoms. The van der Waals surface area contributed by atoms with Crippen molar-refractivity contribution in [2.24, 2.45) is 5.41 Å². The summed E-state index contributed by atoms with van der Waals surface area (Å²) in [7, 11) is 4.62. The van der Waals surface area contributed by atoms with Crippen LogP contribution in [0.2, 0.25) is 0 Å². The average Bonchev–Trinajstić information content (AvgIpc) is 2.81. The lowest BCUT2D eigenvalue weighted by Crippen LogP contribution is -2.39. The molecule has 1 aromatic carbocycles. The van der Waals surface area contributed by atoms with E-state index in [0.717, 1.165) is 5.70 Å². The lowest BCUT2D eigenvalue weighted by Gasteiger charge is -2.39. The van der Waals surface area contributed by atoms with Gasteiger partial charge < -0.3 is 24.8 Å². The molecule has 0 bridgehead atoms. The van der Waals surface area contributed by atoms with E-state index in [1.807, 2.05) is 6.92 Å². The first-order chi connectivity index (χ1) is 16.7. The summed E-state index contributed by atoms with van der Waals surface area (Å²) < 4.78 is 16.6. The number of Topliss-reactive ketones (excluding diaryl/α,β-unsaturated/α-hetero) is 1. The number of benzene rings is 1. The molecule has 4 rings (SSSR count). The van der Waals surface area contributed by atoms with Crippen molar-refractivity contribution >= 4 is 17.5 Å². The molecule has 0 saturated heterocycles. The first-order valence-electron chi connectivity index (χ1n) is 11.5. The molecule has 0 spiro atoms. The van der Waals surface area contributed by atoms with Crippen LogP contribution < -0.4 is 24.8 Å². The third-order valence-corrected chi connectivity index (χ3v) is 6.41. The van der Waals surface area contributed by atoms with E-state index in [-0.39, 0.29) is 17.1 Å². The normalized spacial score (nSPS) is 19.0. The van der Waals surface area contributed by atoms with Crippen LogP contribution in [0.25, 0.3) is 0 Å². The zero-order chi connectivity index (χ0) is 25.3. The zero-order valence-electron chi connectivity index (χ0n) is 20.9. The van der Waals surface area contributed by atoms with Crippen LogP contribution in [0.4, 0.5) is 5.82 Å². The number of nitrogens with one attached hydrogen (secondary N) is 2. The number of carbonyl (C=O) groups is 2. The molecule has 0 unspecified atom stereocenters. The molecular formula is C27H31N3O5. The van der Waals surface area contributed by atoms with Crippen LogP contribution in [0.1, 0.15) is 45.1 Å². The van der Waals surface area contributed by atoms with E-state index in [1.54, 1.807) is 36.5 Å². The molecule has 0 radical (unpaired) electrons. The van der Waals surface area contributed by atoms with Crippen LogP contribution in [0.3, 0.4) is 0 Å². The van der Waals surface area contributed by atoms with Crippen molar-refractivity contribution in [3.63, 3.8) is 0 Å². The average molecular weight is 478 g/mol. The van der Waals surface area contributed by atoms with Gasteiger partial charge in [0.25, 0.3) is 5.91 Å². The number of hydrogen-bond donors (Lipinski definition) is 2. The third kappa shape index (κ3) is 4.60. The van der Waals surface area contributed by atoms with Crippen molar-refractivity contribution in [3.8, 4) is 17.2 Å². The fourth-order valence-electron chi connectivity index (χ4n) is 4.96. The molecule has 2 aliphatic rings. The maximum Gasteiger partial charge on any atom is 0.255 e. The number of hydrogen-bond acceptors (Lipinski definition) is 7. The monoisotopic (exact) mass is 477 g/mol. The third-order valence-electron chi connectivity index (χ3n) is 6.41. The second kappa shape index (κ2) is 9.44. The summed E-state index contributed by atoms with van der Waals surface area (Å²) in [5.74, 6) is 0.832. The molecule has 0 saturated carbocycles. The first-order valence-corrected chi connectivity index (χ1v) is 11.5. The molecule has 2 heterocycles. The van der Waals surface area contributed by atoms with E-state index < -0.39 is 5.92 Å². The van der Waals surface area contributed by atoms with Gasteiger partial charge in [0, 0.05) is 41.1 Å². The lowest BCUT2D eigenvalue weighted by molar-refractivity contribution is -0.118. The van der Waals surface area contributed by atoms with Crippen LogP contribution in [-0.4, -0.2) is 38.0 Å². The molecule has 0 fully saturated rings. The highest BCUT2D eigenvalue weighted by Gasteiger charge is 2.43. The summed E-state index contributed by atoms with van der Waals surface area (Å²) in [5.41, 5.74) is 3.08. The second-order valence-corrected chi connectivity index (χ2v) is 9.56. The van der Waals surface area contributed by atoms with Crippen LogP contribution in [0, 0.1) is 5.41 Å². The maximum absolute atomic E-state index is 13.6. The number of nitrogens with zero attached hydrogens (tertiary/aromatic N) is 1. The topological polar surface area (TPSA) is 98.8 Å². The number of allylic oxidation sites excluding steroid dienone is 3. The Morgan fingerprint density at radius 2 is 1.77 bits per heavy atom. The van der Waals surface area contributed by atoms with E-state index >= 15 is 0 Å². The predicted molar refractivity (Wildman–Crippen MR) is 133 cm³/mol. The highest BCUT2D eigenvalue weighted by atomic mass is 16.5. The van der Waals surface area contributed by atoms with E-state index in [2.05, 4.69) is 29.5 Å². The number of ether oxygens (including phenoxy) is 3. The van der Waals surface area contributed by atoms with Crippen LogP contribution in [-0.2, 0) is 9.59 Å². The molecule has 184 valence electrons. The highest BCUT2D eigenvalue weighted by Crippen LogP contribution is 2.49. The van der Waals surface area contributed by atoms with Crippen molar-refractivity contribution in [3.05, 3.63) is 64.6 Å². The van der Waals surface area contributed by atoms with Gasteiger partial charge in [-0.05, 0) is 48.6 Å².